The highest BCUT2D eigenvalue weighted by atomic mass is 79.9. The Morgan fingerprint density at radius 1 is 1.41 bits per heavy atom. The second-order valence-corrected chi connectivity index (χ2v) is 6.62. The molecule has 6 heteroatoms. The maximum absolute atomic E-state index is 12.1. The summed E-state index contributed by atoms with van der Waals surface area (Å²) in [5.41, 5.74) is 0.973. The number of aliphatic hydroxyl groups is 1. The van der Waals surface area contributed by atoms with Gasteiger partial charge in [-0.05, 0) is 31.4 Å². The van der Waals surface area contributed by atoms with E-state index in [0.717, 1.165) is 11.8 Å². The van der Waals surface area contributed by atoms with Crippen LogP contribution in [0.25, 0.3) is 0 Å². The molecule has 1 N–H and O–H groups in total. The second-order valence-electron chi connectivity index (χ2n) is 3.75. The maximum atomic E-state index is 12.1. The molecule has 0 atom stereocenters. The molecule has 0 fully saturated rings. The number of hydrogen-bond acceptors (Lipinski definition) is 4. The second kappa shape index (κ2) is 6.47. The minimum Gasteiger partial charge on any atom is -0.390 e. The molecule has 0 aliphatic carbocycles. The lowest BCUT2D eigenvalue weighted by Gasteiger charge is -2.09. The summed E-state index contributed by atoms with van der Waals surface area (Å²) in [6, 6.07) is 1.50. The molecule has 1 heterocycles. The van der Waals surface area contributed by atoms with E-state index < -0.39 is 9.84 Å². The number of halogens is 1. The first-order chi connectivity index (χ1) is 8.03. The van der Waals surface area contributed by atoms with Crippen LogP contribution in [0, 0.1) is 6.92 Å². The topological polar surface area (TPSA) is 67.3 Å². The van der Waals surface area contributed by atoms with E-state index in [1.807, 2.05) is 0 Å². The van der Waals surface area contributed by atoms with Crippen LogP contribution >= 0.6 is 15.9 Å². The number of pyridine rings is 1. The molecule has 96 valence electrons. The fourth-order valence-electron chi connectivity index (χ4n) is 1.55. The van der Waals surface area contributed by atoms with Crippen molar-refractivity contribution in [2.75, 3.05) is 11.1 Å². The summed E-state index contributed by atoms with van der Waals surface area (Å²) in [6.07, 6.45) is 2.88. The lowest BCUT2D eigenvalue weighted by molar-refractivity contribution is 0.275. The van der Waals surface area contributed by atoms with Crippen LogP contribution in [0.15, 0.2) is 17.2 Å². The summed E-state index contributed by atoms with van der Waals surface area (Å²) in [5.74, 6) is 0.133. The smallest absolute Gasteiger partial charge is 0.178 e. The van der Waals surface area contributed by atoms with Crippen molar-refractivity contribution >= 4 is 25.8 Å². The number of alkyl halides is 1. The van der Waals surface area contributed by atoms with Crippen LogP contribution in [0.1, 0.15) is 24.1 Å². The van der Waals surface area contributed by atoms with Gasteiger partial charge in [-0.2, -0.15) is 0 Å². The van der Waals surface area contributed by atoms with Gasteiger partial charge in [0.15, 0.2) is 9.84 Å². The molecule has 0 saturated carbocycles. The Hall–Kier alpha value is -0.460. The molecule has 0 unspecified atom stereocenters. The van der Waals surface area contributed by atoms with Crippen molar-refractivity contribution in [2.24, 2.45) is 0 Å². The van der Waals surface area contributed by atoms with Crippen LogP contribution in [-0.4, -0.2) is 29.6 Å². The van der Waals surface area contributed by atoms with Gasteiger partial charge in [0, 0.05) is 11.5 Å². The number of sulfone groups is 1. The van der Waals surface area contributed by atoms with Gasteiger partial charge in [0.25, 0.3) is 0 Å². The van der Waals surface area contributed by atoms with Crippen molar-refractivity contribution in [3.63, 3.8) is 0 Å². The van der Waals surface area contributed by atoms with Gasteiger partial charge in [-0.1, -0.05) is 15.9 Å². The van der Waals surface area contributed by atoms with Gasteiger partial charge in [0.05, 0.1) is 22.9 Å². The van der Waals surface area contributed by atoms with E-state index in [9.17, 15) is 8.42 Å². The third-order valence-electron chi connectivity index (χ3n) is 2.54. The number of aliphatic hydroxyl groups excluding tert-OH is 1. The Balaban J connectivity index is 2.99. The van der Waals surface area contributed by atoms with Crippen molar-refractivity contribution in [3.05, 3.63) is 23.5 Å². The standard InChI is InChI=1S/C11H16BrNO3S/c1-9-10(8-14)13-6-4-11(9)17(15,16)7-3-2-5-12/h4,6,14H,2-3,5,7-8H2,1H3. The van der Waals surface area contributed by atoms with Crippen LogP contribution in [0.4, 0.5) is 0 Å². The lowest BCUT2D eigenvalue weighted by atomic mass is 10.2. The number of hydrogen-bond donors (Lipinski definition) is 1. The summed E-state index contributed by atoms with van der Waals surface area (Å²) >= 11 is 3.27. The highest BCUT2D eigenvalue weighted by Crippen LogP contribution is 2.19. The number of unbranched alkanes of at least 4 members (excludes halogenated alkanes) is 1. The summed E-state index contributed by atoms with van der Waals surface area (Å²) in [7, 11) is -3.27. The van der Waals surface area contributed by atoms with Crippen LogP contribution in [0.3, 0.4) is 0 Å². The fourth-order valence-corrected chi connectivity index (χ4v) is 3.60. The molecule has 0 bridgehead atoms. The molecule has 17 heavy (non-hydrogen) atoms. The van der Waals surface area contributed by atoms with Crippen LogP contribution in [0.2, 0.25) is 0 Å². The Bertz CT molecular complexity index is 474. The third kappa shape index (κ3) is 3.76. The molecule has 4 nitrogen and oxygen atoms in total. The van der Waals surface area contributed by atoms with Gasteiger partial charge >= 0.3 is 0 Å². The van der Waals surface area contributed by atoms with E-state index in [1.54, 1.807) is 6.92 Å². The number of rotatable bonds is 6. The minimum absolute atomic E-state index is 0.133. The molecule has 0 amide bonds. The average Bonchev–Trinajstić information content (AvgIpc) is 2.29. The van der Waals surface area contributed by atoms with Gasteiger partial charge in [0.1, 0.15) is 0 Å². The Labute approximate surface area is 110 Å². The first-order valence-electron chi connectivity index (χ1n) is 5.37. The van der Waals surface area contributed by atoms with Crippen LogP contribution < -0.4 is 0 Å². The zero-order valence-corrected chi connectivity index (χ0v) is 12.1. The van der Waals surface area contributed by atoms with Gasteiger partial charge in [-0.15, -0.1) is 0 Å². The van der Waals surface area contributed by atoms with E-state index in [2.05, 4.69) is 20.9 Å². The van der Waals surface area contributed by atoms with Gasteiger partial charge in [-0.3, -0.25) is 4.98 Å². The SMILES string of the molecule is Cc1c(S(=O)(=O)CCCCBr)ccnc1CO. The normalized spacial score (nSPS) is 11.7. The quantitative estimate of drug-likeness (QED) is 0.641. The molecule has 0 aliphatic heterocycles. The Kier molecular flexibility index (Phi) is 5.55. The van der Waals surface area contributed by atoms with E-state index in [-0.39, 0.29) is 17.3 Å². The van der Waals surface area contributed by atoms with Crippen molar-refractivity contribution in [1.29, 1.82) is 0 Å². The van der Waals surface area contributed by atoms with Gasteiger partial charge < -0.3 is 5.11 Å². The maximum Gasteiger partial charge on any atom is 0.178 e. The van der Waals surface area contributed by atoms with Gasteiger partial charge in [0.2, 0.25) is 0 Å². The lowest BCUT2D eigenvalue weighted by Crippen LogP contribution is -2.10. The van der Waals surface area contributed by atoms with Crippen molar-refractivity contribution in [3.8, 4) is 0 Å². The Morgan fingerprint density at radius 3 is 2.71 bits per heavy atom. The molecular weight excluding hydrogens is 306 g/mol. The molecular formula is C11H16BrNO3S. The number of aromatic nitrogens is 1. The summed E-state index contributed by atoms with van der Waals surface area (Å²) in [6.45, 7) is 1.44. The predicted octanol–water partition coefficient (Wildman–Crippen LogP) is 1.83. The van der Waals surface area contributed by atoms with Crippen molar-refractivity contribution in [2.45, 2.75) is 31.3 Å². The zero-order valence-electron chi connectivity index (χ0n) is 9.69. The van der Waals surface area contributed by atoms with E-state index in [4.69, 9.17) is 5.11 Å². The highest BCUT2D eigenvalue weighted by Gasteiger charge is 2.18. The summed E-state index contributed by atoms with van der Waals surface area (Å²) < 4.78 is 24.1. The van der Waals surface area contributed by atoms with E-state index >= 15 is 0 Å². The molecule has 0 saturated heterocycles. The largest absolute Gasteiger partial charge is 0.390 e. The molecule has 1 aromatic rings. The minimum atomic E-state index is -3.27. The molecule has 1 rings (SSSR count). The Morgan fingerprint density at radius 2 is 2.12 bits per heavy atom. The van der Waals surface area contributed by atoms with Crippen molar-refractivity contribution < 1.29 is 13.5 Å². The van der Waals surface area contributed by atoms with Crippen molar-refractivity contribution in [1.82, 2.24) is 4.98 Å². The summed E-state index contributed by atoms with van der Waals surface area (Å²) in [5, 5.41) is 9.86. The monoisotopic (exact) mass is 321 g/mol. The molecule has 0 aliphatic rings. The van der Waals surface area contributed by atoms with E-state index in [0.29, 0.717) is 17.7 Å². The number of nitrogens with zero attached hydrogens (tertiary/aromatic N) is 1. The molecule has 0 spiro atoms. The van der Waals surface area contributed by atoms with Crippen LogP contribution in [0.5, 0.6) is 0 Å². The highest BCUT2D eigenvalue weighted by molar-refractivity contribution is 9.09. The zero-order chi connectivity index (χ0) is 12.9. The fraction of sp³-hybridized carbons (Fsp3) is 0.545. The molecule has 0 radical (unpaired) electrons. The molecule has 1 aromatic heterocycles. The average molecular weight is 322 g/mol. The first-order valence-corrected chi connectivity index (χ1v) is 8.14. The third-order valence-corrected chi connectivity index (χ3v) is 5.04. The van der Waals surface area contributed by atoms with E-state index in [1.165, 1.54) is 12.3 Å². The van der Waals surface area contributed by atoms with Crippen LogP contribution in [-0.2, 0) is 16.4 Å². The molecule has 0 aromatic carbocycles. The first kappa shape index (κ1) is 14.6. The predicted molar refractivity (Wildman–Crippen MR) is 70.0 cm³/mol. The van der Waals surface area contributed by atoms with Gasteiger partial charge in [-0.25, -0.2) is 8.42 Å². The summed E-state index contributed by atoms with van der Waals surface area (Å²) in [4.78, 5) is 4.23.